The lowest BCUT2D eigenvalue weighted by Crippen LogP contribution is -2.54. The summed E-state index contributed by atoms with van der Waals surface area (Å²) in [7, 11) is 0. The molecule has 32 heavy (non-hydrogen) atoms. The first-order valence-corrected chi connectivity index (χ1v) is 11.7. The van der Waals surface area contributed by atoms with E-state index in [0.717, 1.165) is 32.1 Å². The van der Waals surface area contributed by atoms with Gasteiger partial charge in [0.2, 0.25) is 17.7 Å². The van der Waals surface area contributed by atoms with Crippen LogP contribution in [-0.2, 0) is 14.4 Å². The van der Waals surface area contributed by atoms with E-state index in [4.69, 9.17) is 5.21 Å². The molecule has 1 aliphatic rings. The second-order valence-corrected chi connectivity index (χ2v) is 10.0. The van der Waals surface area contributed by atoms with Crippen LogP contribution in [0.2, 0.25) is 0 Å². The molecule has 3 amide bonds. The molecule has 0 unspecified atom stereocenters. The first-order chi connectivity index (χ1) is 15.1. The maximum Gasteiger partial charge on any atom is 0.247 e. The van der Waals surface area contributed by atoms with Gasteiger partial charge in [0.25, 0.3) is 0 Å². The van der Waals surface area contributed by atoms with Gasteiger partial charge in [-0.2, -0.15) is 0 Å². The maximum atomic E-state index is 13.7. The van der Waals surface area contributed by atoms with Gasteiger partial charge < -0.3 is 10.2 Å². The summed E-state index contributed by atoms with van der Waals surface area (Å²) >= 11 is 0. The molecule has 2 atom stereocenters. The second kappa shape index (κ2) is 11.5. The number of para-hydroxylation sites is 1. The summed E-state index contributed by atoms with van der Waals surface area (Å²) in [6.07, 6.45) is 6.24. The molecule has 1 aliphatic heterocycles. The van der Waals surface area contributed by atoms with Gasteiger partial charge in [0.15, 0.2) is 0 Å². The fraction of sp³-hybridized carbons (Fsp3) is 0.640. The molecule has 1 heterocycles. The zero-order valence-electron chi connectivity index (χ0n) is 19.9. The minimum Gasteiger partial charge on any atom is -0.330 e. The molecule has 178 valence electrons. The van der Waals surface area contributed by atoms with Crippen molar-refractivity contribution in [3.63, 3.8) is 0 Å². The standard InChI is InChI=1S/C25H39N3O4/c1-5-6-7-8-12-15-25(18-20(29)27-32)16-17-28(23(25)31)21(24(2,3)4)22(30)26-19-13-10-9-11-14-19/h9-11,13-14,21,32H,5-8,12,15-18H2,1-4H3,(H,26,30)(H,27,29)/t21-,25-/m0/s1. The highest BCUT2D eigenvalue weighted by Crippen LogP contribution is 2.43. The van der Waals surface area contributed by atoms with Crippen molar-refractivity contribution in [2.75, 3.05) is 11.9 Å². The zero-order chi connectivity index (χ0) is 23.8. The van der Waals surface area contributed by atoms with Crippen molar-refractivity contribution < 1.29 is 19.6 Å². The molecule has 1 saturated heterocycles. The van der Waals surface area contributed by atoms with E-state index >= 15 is 0 Å². The largest absolute Gasteiger partial charge is 0.330 e. The molecule has 1 aromatic rings. The SMILES string of the molecule is CCCCCCC[C@@]1(CC(=O)NO)CCN([C@@H](C(=O)Nc2ccccc2)C(C)(C)C)C1=O. The van der Waals surface area contributed by atoms with E-state index in [9.17, 15) is 14.4 Å². The minimum absolute atomic E-state index is 0.0657. The normalized spacial score (nSPS) is 19.7. The average molecular weight is 446 g/mol. The number of anilines is 1. The van der Waals surface area contributed by atoms with Crippen LogP contribution >= 0.6 is 0 Å². The number of unbranched alkanes of at least 4 members (excludes halogenated alkanes) is 4. The van der Waals surface area contributed by atoms with Gasteiger partial charge in [-0.05, 0) is 30.4 Å². The molecule has 0 saturated carbocycles. The van der Waals surface area contributed by atoms with Crippen molar-refractivity contribution in [3.05, 3.63) is 30.3 Å². The van der Waals surface area contributed by atoms with Gasteiger partial charge in [-0.25, -0.2) is 5.48 Å². The van der Waals surface area contributed by atoms with Gasteiger partial charge in [-0.3, -0.25) is 19.6 Å². The molecular formula is C25H39N3O4. The molecule has 1 aromatic carbocycles. The Bertz CT molecular complexity index is 775. The fourth-order valence-electron chi connectivity index (χ4n) is 4.73. The number of hydrogen-bond acceptors (Lipinski definition) is 4. The van der Waals surface area contributed by atoms with Crippen LogP contribution in [0.15, 0.2) is 30.3 Å². The van der Waals surface area contributed by atoms with Gasteiger partial charge in [0.1, 0.15) is 6.04 Å². The highest BCUT2D eigenvalue weighted by Gasteiger charge is 2.52. The highest BCUT2D eigenvalue weighted by molar-refractivity contribution is 5.99. The number of benzene rings is 1. The van der Waals surface area contributed by atoms with Crippen molar-refractivity contribution in [2.24, 2.45) is 10.8 Å². The Morgan fingerprint density at radius 3 is 2.38 bits per heavy atom. The van der Waals surface area contributed by atoms with E-state index in [0.29, 0.717) is 25.1 Å². The summed E-state index contributed by atoms with van der Waals surface area (Å²) in [6, 6.07) is 8.53. The predicted octanol–water partition coefficient (Wildman–Crippen LogP) is 4.51. The Hall–Kier alpha value is -2.41. The highest BCUT2D eigenvalue weighted by atomic mass is 16.5. The molecule has 7 heteroatoms. The first kappa shape index (κ1) is 25.8. The topological polar surface area (TPSA) is 98.7 Å². The van der Waals surface area contributed by atoms with E-state index in [2.05, 4.69) is 12.2 Å². The van der Waals surface area contributed by atoms with Crippen LogP contribution in [0.3, 0.4) is 0 Å². The molecule has 0 radical (unpaired) electrons. The number of amides is 3. The summed E-state index contributed by atoms with van der Waals surface area (Å²) in [4.78, 5) is 40.8. The van der Waals surface area contributed by atoms with E-state index in [-0.39, 0.29) is 18.2 Å². The van der Waals surface area contributed by atoms with Gasteiger partial charge in [0, 0.05) is 18.7 Å². The van der Waals surface area contributed by atoms with Crippen LogP contribution in [0.25, 0.3) is 0 Å². The van der Waals surface area contributed by atoms with Crippen LogP contribution in [0, 0.1) is 10.8 Å². The lowest BCUT2D eigenvalue weighted by molar-refractivity contribution is -0.148. The molecule has 3 N–H and O–H groups in total. The number of hydroxylamine groups is 1. The lowest BCUT2D eigenvalue weighted by Gasteiger charge is -2.38. The van der Waals surface area contributed by atoms with Crippen molar-refractivity contribution in [1.82, 2.24) is 10.4 Å². The molecule has 1 fully saturated rings. The number of nitrogens with zero attached hydrogens (tertiary/aromatic N) is 1. The summed E-state index contributed by atoms with van der Waals surface area (Å²) in [5, 5.41) is 12.0. The Morgan fingerprint density at radius 1 is 1.12 bits per heavy atom. The second-order valence-electron chi connectivity index (χ2n) is 10.0. The maximum absolute atomic E-state index is 13.7. The zero-order valence-corrected chi connectivity index (χ0v) is 19.9. The Balaban J connectivity index is 2.24. The van der Waals surface area contributed by atoms with Crippen molar-refractivity contribution in [3.8, 4) is 0 Å². The first-order valence-electron chi connectivity index (χ1n) is 11.7. The van der Waals surface area contributed by atoms with Crippen LogP contribution in [-0.4, -0.2) is 40.4 Å². The van der Waals surface area contributed by atoms with Crippen LogP contribution < -0.4 is 10.8 Å². The molecule has 0 bridgehead atoms. The number of carbonyl (C=O) groups excluding carboxylic acids is 3. The lowest BCUT2D eigenvalue weighted by atomic mass is 9.77. The fourth-order valence-corrected chi connectivity index (χ4v) is 4.73. The third-order valence-electron chi connectivity index (χ3n) is 6.35. The number of likely N-dealkylation sites (tertiary alicyclic amines) is 1. The third kappa shape index (κ3) is 6.55. The average Bonchev–Trinajstić information content (AvgIpc) is 3.03. The Kier molecular flexibility index (Phi) is 9.25. The van der Waals surface area contributed by atoms with Gasteiger partial charge >= 0.3 is 0 Å². The van der Waals surface area contributed by atoms with Crippen LogP contribution in [0.4, 0.5) is 5.69 Å². The summed E-state index contributed by atoms with van der Waals surface area (Å²) in [5.74, 6) is -0.961. The number of nitrogens with one attached hydrogen (secondary N) is 2. The van der Waals surface area contributed by atoms with Crippen LogP contribution in [0.1, 0.15) is 79.1 Å². The van der Waals surface area contributed by atoms with E-state index in [1.807, 2.05) is 51.1 Å². The number of rotatable bonds is 11. The van der Waals surface area contributed by atoms with Gasteiger partial charge in [0.05, 0.1) is 5.41 Å². The quantitative estimate of drug-likeness (QED) is 0.265. The predicted molar refractivity (Wildman–Crippen MR) is 125 cm³/mol. The monoisotopic (exact) mass is 445 g/mol. The molecule has 0 aliphatic carbocycles. The Labute approximate surface area is 191 Å². The third-order valence-corrected chi connectivity index (χ3v) is 6.35. The molecule has 7 nitrogen and oxygen atoms in total. The van der Waals surface area contributed by atoms with Gasteiger partial charge in [-0.1, -0.05) is 78.0 Å². The number of carbonyl (C=O) groups is 3. The smallest absolute Gasteiger partial charge is 0.247 e. The minimum atomic E-state index is -0.879. The van der Waals surface area contributed by atoms with Crippen molar-refractivity contribution in [1.29, 1.82) is 0 Å². The summed E-state index contributed by atoms with van der Waals surface area (Å²) < 4.78 is 0. The van der Waals surface area contributed by atoms with Crippen molar-refractivity contribution >= 4 is 23.4 Å². The molecule has 0 spiro atoms. The molecular weight excluding hydrogens is 406 g/mol. The van der Waals surface area contributed by atoms with Crippen LogP contribution in [0.5, 0.6) is 0 Å². The van der Waals surface area contributed by atoms with Gasteiger partial charge in [-0.15, -0.1) is 0 Å². The molecule has 2 rings (SSSR count). The van der Waals surface area contributed by atoms with Crippen molar-refractivity contribution in [2.45, 2.75) is 85.1 Å². The van der Waals surface area contributed by atoms with E-state index < -0.39 is 22.8 Å². The summed E-state index contributed by atoms with van der Waals surface area (Å²) in [5.41, 5.74) is 0.995. The Morgan fingerprint density at radius 2 is 1.78 bits per heavy atom. The summed E-state index contributed by atoms with van der Waals surface area (Å²) in [6.45, 7) is 8.40. The van der Waals surface area contributed by atoms with E-state index in [1.165, 1.54) is 0 Å². The van der Waals surface area contributed by atoms with E-state index in [1.54, 1.807) is 10.4 Å². The number of hydrogen-bond donors (Lipinski definition) is 3. The molecule has 0 aromatic heterocycles.